The van der Waals surface area contributed by atoms with Gasteiger partial charge in [-0.2, -0.15) is 0 Å². The molecule has 0 bridgehead atoms. The molecule has 1 aliphatic heterocycles. The average Bonchev–Trinajstić information content (AvgIpc) is 2.98. The third-order valence-electron chi connectivity index (χ3n) is 3.37. The number of hydrogen-bond donors (Lipinski definition) is 2. The maximum Gasteiger partial charge on any atom is 0.348 e. The third-order valence-corrected chi connectivity index (χ3v) is 4.32. The number of carboxylic acid groups (broad SMARTS) is 1. The second-order valence-corrected chi connectivity index (χ2v) is 5.48. The van der Waals surface area contributed by atoms with Crippen LogP contribution < -0.4 is 10.2 Å². The molecule has 2 heterocycles. The van der Waals surface area contributed by atoms with Crippen LogP contribution in [0.2, 0.25) is 0 Å². The molecule has 2 N–H and O–H groups in total. The van der Waals surface area contributed by atoms with Gasteiger partial charge in [-0.15, -0.1) is 11.3 Å². The lowest BCUT2D eigenvalue weighted by molar-refractivity contribution is 0.0703. The van der Waals surface area contributed by atoms with Gasteiger partial charge in [0.05, 0.1) is 11.4 Å². The van der Waals surface area contributed by atoms with Gasteiger partial charge in [-0.1, -0.05) is 0 Å². The maximum absolute atomic E-state index is 11.1. The van der Waals surface area contributed by atoms with Crippen LogP contribution in [0.15, 0.2) is 5.38 Å². The molecule has 0 radical (unpaired) electrons. The highest BCUT2D eigenvalue weighted by atomic mass is 32.1. The minimum Gasteiger partial charge on any atom is -0.477 e. The number of rotatable bonds is 2. The Morgan fingerprint density at radius 2 is 2.38 bits per heavy atom. The Balaban J connectivity index is 1.96. The van der Waals surface area contributed by atoms with E-state index in [0.29, 0.717) is 10.9 Å². The fraction of sp³-hybridized carbons (Fsp3) is 0.545. The van der Waals surface area contributed by atoms with Crippen molar-refractivity contribution in [1.82, 2.24) is 0 Å². The van der Waals surface area contributed by atoms with E-state index < -0.39 is 5.97 Å². The topological polar surface area (TPSA) is 52.6 Å². The first-order chi connectivity index (χ1) is 7.66. The van der Waals surface area contributed by atoms with Crippen LogP contribution in [-0.4, -0.2) is 30.7 Å². The summed E-state index contributed by atoms with van der Waals surface area (Å²) >= 11 is 1.31. The van der Waals surface area contributed by atoms with Crippen molar-refractivity contribution in [2.24, 2.45) is 5.92 Å². The SMILES string of the molecule is CN1CC(C2CC2)Nc2c1csc2C(=O)O. The van der Waals surface area contributed by atoms with E-state index in [-0.39, 0.29) is 0 Å². The van der Waals surface area contributed by atoms with Crippen molar-refractivity contribution in [1.29, 1.82) is 0 Å². The summed E-state index contributed by atoms with van der Waals surface area (Å²) in [6.07, 6.45) is 2.54. The zero-order valence-electron chi connectivity index (χ0n) is 9.06. The Hall–Kier alpha value is -1.23. The molecule has 1 aliphatic carbocycles. The second kappa shape index (κ2) is 3.38. The molecule has 86 valence electrons. The molecular weight excluding hydrogens is 224 g/mol. The lowest BCUT2D eigenvalue weighted by atomic mass is 10.1. The first-order valence-electron chi connectivity index (χ1n) is 5.49. The normalized spacial score (nSPS) is 23.8. The summed E-state index contributed by atoms with van der Waals surface area (Å²) < 4.78 is 0. The van der Waals surface area contributed by atoms with Gasteiger partial charge in [0.2, 0.25) is 0 Å². The second-order valence-electron chi connectivity index (χ2n) is 4.60. The zero-order chi connectivity index (χ0) is 11.3. The summed E-state index contributed by atoms with van der Waals surface area (Å²) in [5.41, 5.74) is 1.85. The number of nitrogens with one attached hydrogen (secondary N) is 1. The van der Waals surface area contributed by atoms with Gasteiger partial charge in [-0.25, -0.2) is 4.79 Å². The molecule has 4 nitrogen and oxygen atoms in total. The van der Waals surface area contributed by atoms with Gasteiger partial charge in [-0.05, 0) is 18.8 Å². The summed E-state index contributed by atoms with van der Waals surface area (Å²) in [6.45, 7) is 0.980. The molecule has 0 spiro atoms. The van der Waals surface area contributed by atoms with E-state index in [1.54, 1.807) is 0 Å². The smallest absolute Gasteiger partial charge is 0.348 e. The molecule has 2 aliphatic rings. The predicted octanol–water partition coefficient (Wildman–Crippen LogP) is 2.09. The fourth-order valence-corrected chi connectivity index (χ4v) is 3.23. The van der Waals surface area contributed by atoms with Crippen molar-refractivity contribution in [2.75, 3.05) is 23.8 Å². The van der Waals surface area contributed by atoms with Gasteiger partial charge < -0.3 is 15.3 Å². The van der Waals surface area contributed by atoms with Crippen LogP contribution >= 0.6 is 11.3 Å². The van der Waals surface area contributed by atoms with Crippen LogP contribution in [0.4, 0.5) is 11.4 Å². The summed E-state index contributed by atoms with van der Waals surface area (Å²) in [4.78, 5) is 13.7. The van der Waals surface area contributed by atoms with Gasteiger partial charge in [0, 0.05) is 25.0 Å². The number of nitrogens with zero attached hydrogens (tertiary/aromatic N) is 1. The van der Waals surface area contributed by atoms with Crippen LogP contribution in [0, 0.1) is 5.92 Å². The highest BCUT2D eigenvalue weighted by Gasteiger charge is 2.36. The van der Waals surface area contributed by atoms with E-state index >= 15 is 0 Å². The Kier molecular flexibility index (Phi) is 2.10. The standard InChI is InChI=1S/C11H14N2O2S/c1-13-4-7(6-2-3-6)12-9-8(13)5-16-10(9)11(14)15/h5-7,12H,2-4H2,1H3,(H,14,15). The molecule has 0 amide bonds. The van der Waals surface area contributed by atoms with Crippen molar-refractivity contribution in [3.05, 3.63) is 10.3 Å². The predicted molar refractivity (Wildman–Crippen MR) is 64.7 cm³/mol. The van der Waals surface area contributed by atoms with Crippen molar-refractivity contribution in [3.8, 4) is 0 Å². The largest absolute Gasteiger partial charge is 0.477 e. The number of aromatic carboxylic acids is 1. The number of likely N-dealkylation sites (N-methyl/N-ethyl adjacent to an activating group) is 1. The molecular formula is C11H14N2O2S. The van der Waals surface area contributed by atoms with Gasteiger partial charge >= 0.3 is 5.97 Å². The van der Waals surface area contributed by atoms with Gasteiger partial charge in [0.25, 0.3) is 0 Å². The van der Waals surface area contributed by atoms with Crippen LogP contribution in [0.1, 0.15) is 22.5 Å². The van der Waals surface area contributed by atoms with Crippen LogP contribution in [-0.2, 0) is 0 Å². The highest BCUT2D eigenvalue weighted by Crippen LogP contribution is 2.43. The van der Waals surface area contributed by atoms with Crippen LogP contribution in [0.25, 0.3) is 0 Å². The van der Waals surface area contributed by atoms with Crippen molar-refractivity contribution in [2.45, 2.75) is 18.9 Å². The molecule has 1 aromatic rings. The van der Waals surface area contributed by atoms with E-state index in [2.05, 4.69) is 10.2 Å². The first kappa shape index (κ1) is 9.96. The molecule has 16 heavy (non-hydrogen) atoms. The maximum atomic E-state index is 11.1. The molecule has 1 saturated carbocycles. The van der Waals surface area contributed by atoms with Crippen molar-refractivity contribution in [3.63, 3.8) is 0 Å². The minimum absolute atomic E-state index is 0.421. The quantitative estimate of drug-likeness (QED) is 0.828. The van der Waals surface area contributed by atoms with E-state index in [9.17, 15) is 4.79 Å². The molecule has 0 aromatic carbocycles. The highest BCUT2D eigenvalue weighted by molar-refractivity contribution is 7.13. The fourth-order valence-electron chi connectivity index (χ4n) is 2.32. The Labute approximate surface area is 97.9 Å². The summed E-state index contributed by atoms with van der Waals surface area (Å²) in [6, 6.07) is 0.421. The van der Waals surface area contributed by atoms with Crippen molar-refractivity contribution >= 4 is 28.7 Å². The number of thiophene rings is 1. The molecule has 1 atom stereocenters. The van der Waals surface area contributed by atoms with E-state index in [1.165, 1.54) is 24.2 Å². The average molecular weight is 238 g/mol. The number of anilines is 2. The number of carboxylic acids is 1. The van der Waals surface area contributed by atoms with Crippen LogP contribution in [0.3, 0.4) is 0 Å². The molecule has 1 aromatic heterocycles. The van der Waals surface area contributed by atoms with Crippen molar-refractivity contribution < 1.29 is 9.90 Å². The monoisotopic (exact) mass is 238 g/mol. The molecule has 0 saturated heterocycles. The molecule has 5 heteroatoms. The molecule has 3 rings (SSSR count). The third kappa shape index (κ3) is 1.46. The van der Waals surface area contributed by atoms with E-state index in [4.69, 9.17) is 5.11 Å². The first-order valence-corrected chi connectivity index (χ1v) is 6.37. The van der Waals surface area contributed by atoms with Gasteiger partial charge in [-0.3, -0.25) is 0 Å². The van der Waals surface area contributed by atoms with E-state index in [1.807, 2.05) is 12.4 Å². The lowest BCUT2D eigenvalue weighted by Gasteiger charge is -2.33. The van der Waals surface area contributed by atoms with Gasteiger partial charge in [0.15, 0.2) is 0 Å². The number of carbonyl (C=O) groups is 1. The minimum atomic E-state index is -0.830. The lowest BCUT2D eigenvalue weighted by Crippen LogP contribution is -2.40. The Morgan fingerprint density at radius 1 is 1.62 bits per heavy atom. The Bertz CT molecular complexity index is 439. The summed E-state index contributed by atoms with van der Waals surface area (Å²) in [5, 5.41) is 14.4. The summed E-state index contributed by atoms with van der Waals surface area (Å²) in [5.74, 6) is -0.0965. The zero-order valence-corrected chi connectivity index (χ0v) is 9.88. The number of fused-ring (bicyclic) bond motifs is 1. The van der Waals surface area contributed by atoms with E-state index in [0.717, 1.165) is 23.8 Å². The molecule has 1 fully saturated rings. The summed E-state index contributed by atoms with van der Waals surface area (Å²) in [7, 11) is 2.04. The van der Waals surface area contributed by atoms with Gasteiger partial charge in [0.1, 0.15) is 4.88 Å². The molecule has 1 unspecified atom stereocenters. The number of hydrogen-bond acceptors (Lipinski definition) is 4. The Morgan fingerprint density at radius 3 is 3.00 bits per heavy atom. The van der Waals surface area contributed by atoms with Crippen LogP contribution in [0.5, 0.6) is 0 Å².